The largest absolute Gasteiger partial charge is 0.256 e. The van der Waals surface area contributed by atoms with Gasteiger partial charge in [0.2, 0.25) is 0 Å². The molecule has 2 heteroatoms. The molecule has 2 aromatic rings. The van der Waals surface area contributed by atoms with E-state index in [-0.39, 0.29) is 0 Å². The molecule has 0 fully saturated rings. The van der Waals surface area contributed by atoms with E-state index in [0.29, 0.717) is 0 Å². The smallest absolute Gasteiger partial charge is 0.0717 e. The van der Waals surface area contributed by atoms with Crippen LogP contribution in [-0.4, -0.2) is 4.98 Å². The minimum Gasteiger partial charge on any atom is -0.256 e. The highest BCUT2D eigenvalue weighted by Gasteiger charge is 2.02. The number of hydrogen-bond donors (Lipinski definition) is 0. The third-order valence-corrected chi connectivity index (χ3v) is 2.39. The minimum absolute atomic E-state index is 0.740. The SMILES string of the molecule is Cc1ccc(-c2ccccc2Cl)nc1. The van der Waals surface area contributed by atoms with E-state index in [0.717, 1.165) is 21.8 Å². The Labute approximate surface area is 88.4 Å². The van der Waals surface area contributed by atoms with Crippen LogP contribution in [0.25, 0.3) is 11.3 Å². The van der Waals surface area contributed by atoms with Crippen LogP contribution >= 0.6 is 11.6 Å². The van der Waals surface area contributed by atoms with Gasteiger partial charge in [-0.2, -0.15) is 0 Å². The molecule has 0 spiro atoms. The van der Waals surface area contributed by atoms with Crippen LogP contribution in [-0.2, 0) is 0 Å². The minimum atomic E-state index is 0.740. The lowest BCUT2D eigenvalue weighted by Gasteiger charge is -2.02. The fraction of sp³-hybridized carbons (Fsp3) is 0.0833. The number of pyridine rings is 1. The average Bonchev–Trinajstić information content (AvgIpc) is 2.20. The molecule has 0 amide bonds. The second-order valence-electron chi connectivity index (χ2n) is 3.20. The molecule has 0 aliphatic rings. The van der Waals surface area contributed by atoms with Crippen molar-refractivity contribution in [1.29, 1.82) is 0 Å². The van der Waals surface area contributed by atoms with Crippen LogP contribution in [0.1, 0.15) is 5.56 Å². The van der Waals surface area contributed by atoms with Crippen molar-refractivity contribution in [3.05, 3.63) is 53.2 Å². The van der Waals surface area contributed by atoms with Gasteiger partial charge in [0.25, 0.3) is 0 Å². The van der Waals surface area contributed by atoms with E-state index >= 15 is 0 Å². The molecular weight excluding hydrogens is 194 g/mol. The van der Waals surface area contributed by atoms with E-state index < -0.39 is 0 Å². The van der Waals surface area contributed by atoms with Gasteiger partial charge in [0.15, 0.2) is 0 Å². The Morgan fingerprint density at radius 1 is 1.07 bits per heavy atom. The molecular formula is C12H10ClN. The number of aryl methyl sites for hydroxylation is 1. The zero-order chi connectivity index (χ0) is 9.97. The molecule has 70 valence electrons. The lowest BCUT2D eigenvalue weighted by molar-refractivity contribution is 1.27. The molecule has 0 N–H and O–H groups in total. The highest BCUT2D eigenvalue weighted by Crippen LogP contribution is 2.25. The van der Waals surface area contributed by atoms with E-state index in [2.05, 4.69) is 4.98 Å². The van der Waals surface area contributed by atoms with E-state index in [4.69, 9.17) is 11.6 Å². The molecule has 1 aromatic heterocycles. The molecule has 1 heterocycles. The van der Waals surface area contributed by atoms with Crippen LogP contribution in [0.15, 0.2) is 42.6 Å². The van der Waals surface area contributed by atoms with Gasteiger partial charge in [-0.3, -0.25) is 4.98 Å². The Morgan fingerprint density at radius 3 is 2.50 bits per heavy atom. The summed E-state index contributed by atoms with van der Waals surface area (Å²) in [7, 11) is 0. The fourth-order valence-corrected chi connectivity index (χ4v) is 1.53. The van der Waals surface area contributed by atoms with Crippen molar-refractivity contribution in [1.82, 2.24) is 4.98 Å². The van der Waals surface area contributed by atoms with E-state index in [1.54, 1.807) is 0 Å². The Bertz CT molecular complexity index is 434. The summed E-state index contributed by atoms with van der Waals surface area (Å²) in [6, 6.07) is 11.7. The van der Waals surface area contributed by atoms with Gasteiger partial charge in [-0.15, -0.1) is 0 Å². The van der Waals surface area contributed by atoms with Crippen molar-refractivity contribution in [2.75, 3.05) is 0 Å². The molecule has 2 rings (SSSR count). The van der Waals surface area contributed by atoms with Crippen molar-refractivity contribution in [3.8, 4) is 11.3 Å². The molecule has 0 atom stereocenters. The first-order valence-electron chi connectivity index (χ1n) is 4.45. The number of aromatic nitrogens is 1. The van der Waals surface area contributed by atoms with Gasteiger partial charge < -0.3 is 0 Å². The van der Waals surface area contributed by atoms with Crippen molar-refractivity contribution < 1.29 is 0 Å². The molecule has 1 aromatic carbocycles. The van der Waals surface area contributed by atoms with E-state index in [1.165, 1.54) is 0 Å². The van der Waals surface area contributed by atoms with Crippen LogP contribution in [0.2, 0.25) is 5.02 Å². The summed E-state index contributed by atoms with van der Waals surface area (Å²) in [5.74, 6) is 0. The molecule has 0 saturated heterocycles. The molecule has 0 aliphatic heterocycles. The van der Waals surface area contributed by atoms with Crippen molar-refractivity contribution in [3.63, 3.8) is 0 Å². The summed E-state index contributed by atoms with van der Waals surface area (Å²) < 4.78 is 0. The maximum Gasteiger partial charge on any atom is 0.0717 e. The zero-order valence-electron chi connectivity index (χ0n) is 7.87. The summed E-state index contributed by atoms with van der Waals surface area (Å²) in [6.07, 6.45) is 1.85. The molecule has 0 saturated carbocycles. The molecule has 0 aliphatic carbocycles. The van der Waals surface area contributed by atoms with Gasteiger partial charge >= 0.3 is 0 Å². The highest BCUT2D eigenvalue weighted by molar-refractivity contribution is 6.33. The van der Waals surface area contributed by atoms with Crippen LogP contribution < -0.4 is 0 Å². The highest BCUT2D eigenvalue weighted by atomic mass is 35.5. The second-order valence-corrected chi connectivity index (χ2v) is 3.61. The summed E-state index contributed by atoms with van der Waals surface area (Å²) in [4.78, 5) is 4.32. The normalized spacial score (nSPS) is 10.1. The zero-order valence-corrected chi connectivity index (χ0v) is 8.62. The van der Waals surface area contributed by atoms with Gasteiger partial charge in [0, 0.05) is 16.8 Å². The third kappa shape index (κ3) is 1.78. The van der Waals surface area contributed by atoms with Gasteiger partial charge in [0.1, 0.15) is 0 Å². The Balaban J connectivity index is 2.50. The Kier molecular flexibility index (Phi) is 2.51. The van der Waals surface area contributed by atoms with E-state index in [1.807, 2.05) is 49.5 Å². The Morgan fingerprint density at radius 2 is 1.86 bits per heavy atom. The summed E-state index contributed by atoms with van der Waals surface area (Å²) in [5, 5.41) is 0.740. The van der Waals surface area contributed by atoms with Crippen molar-refractivity contribution in [2.45, 2.75) is 6.92 Å². The maximum atomic E-state index is 6.06. The van der Waals surface area contributed by atoms with Crippen molar-refractivity contribution in [2.24, 2.45) is 0 Å². The monoisotopic (exact) mass is 203 g/mol. The lowest BCUT2D eigenvalue weighted by atomic mass is 10.1. The Hall–Kier alpha value is -1.34. The van der Waals surface area contributed by atoms with Crippen LogP contribution in [0.4, 0.5) is 0 Å². The van der Waals surface area contributed by atoms with E-state index in [9.17, 15) is 0 Å². The first-order chi connectivity index (χ1) is 6.77. The second kappa shape index (κ2) is 3.81. The number of halogens is 1. The molecule has 0 radical (unpaired) electrons. The lowest BCUT2D eigenvalue weighted by Crippen LogP contribution is -1.84. The number of nitrogens with zero attached hydrogens (tertiary/aromatic N) is 1. The maximum absolute atomic E-state index is 6.06. The molecule has 14 heavy (non-hydrogen) atoms. The third-order valence-electron chi connectivity index (χ3n) is 2.06. The van der Waals surface area contributed by atoms with Gasteiger partial charge in [-0.25, -0.2) is 0 Å². The topological polar surface area (TPSA) is 12.9 Å². The predicted molar refractivity (Wildman–Crippen MR) is 59.4 cm³/mol. The summed E-state index contributed by atoms with van der Waals surface area (Å²) in [6.45, 7) is 2.02. The quantitative estimate of drug-likeness (QED) is 0.689. The predicted octanol–water partition coefficient (Wildman–Crippen LogP) is 3.71. The number of hydrogen-bond acceptors (Lipinski definition) is 1. The van der Waals surface area contributed by atoms with Gasteiger partial charge in [-0.1, -0.05) is 35.9 Å². The number of benzene rings is 1. The molecule has 0 bridgehead atoms. The number of rotatable bonds is 1. The van der Waals surface area contributed by atoms with Crippen LogP contribution in [0.5, 0.6) is 0 Å². The summed E-state index contributed by atoms with van der Waals surface area (Å²) >= 11 is 6.06. The standard InChI is InChI=1S/C12H10ClN/c1-9-6-7-12(14-8-9)10-4-2-3-5-11(10)13/h2-8H,1H3. The van der Waals surface area contributed by atoms with Crippen LogP contribution in [0.3, 0.4) is 0 Å². The first-order valence-corrected chi connectivity index (χ1v) is 4.83. The van der Waals surface area contributed by atoms with Gasteiger partial charge in [-0.05, 0) is 24.6 Å². The van der Waals surface area contributed by atoms with Crippen molar-refractivity contribution >= 4 is 11.6 Å². The van der Waals surface area contributed by atoms with Gasteiger partial charge in [0.05, 0.1) is 5.69 Å². The van der Waals surface area contributed by atoms with Crippen LogP contribution in [0, 0.1) is 6.92 Å². The fourth-order valence-electron chi connectivity index (χ4n) is 1.30. The molecule has 1 nitrogen and oxygen atoms in total. The molecule has 0 unspecified atom stereocenters. The summed E-state index contributed by atoms with van der Waals surface area (Å²) in [5.41, 5.74) is 3.05. The first kappa shape index (κ1) is 9.22. The average molecular weight is 204 g/mol.